The van der Waals surface area contributed by atoms with Crippen LogP contribution in [0, 0.1) is 0 Å². The van der Waals surface area contributed by atoms with Crippen molar-refractivity contribution < 1.29 is 9.47 Å². The summed E-state index contributed by atoms with van der Waals surface area (Å²) in [5.41, 5.74) is 28.3. The third-order valence-corrected chi connectivity index (χ3v) is 19.9. The molecule has 0 N–H and O–H groups in total. The molecule has 6 nitrogen and oxygen atoms in total. The van der Waals surface area contributed by atoms with Crippen molar-refractivity contribution in [2.75, 3.05) is 19.6 Å². The number of anilines is 12. The number of rotatable bonds is 14. The van der Waals surface area contributed by atoms with Crippen LogP contribution in [0.1, 0.15) is 12.5 Å². The largest absolute Gasteiger partial charge is 0.458 e. The van der Waals surface area contributed by atoms with Gasteiger partial charge in [0.25, 0.3) is 13.4 Å². The molecular weight excluding hydrogens is 1200 g/mol. The maximum Gasteiger partial charge on any atom is 0.256 e. The molecule has 0 bridgehead atoms. The standard InChI is InChI=1S/C91H64B2N4O2/c1-3-4-10-25-62(2)63-40-48-72(49-41-63)94(73-50-42-67(43-51-73)64-26-11-5-12-27-64)76-56-84-90-88(58-76)98-86-38-23-21-36-78(86)92(90)80-60-81-83(61-82(80)96(84)70-32-17-8-18-33-70)97(71-34-19-9-20-35-71)85-57-77(59-89-91(85)93(81)79-37-22-24-39-87(79)99-89)95(74-52-44-68(45-53-74)65-28-13-6-14-29-65)75-54-46-69(47-55-75)66-30-15-7-16-31-66/h3-61H,1H2,2H3/b10-4-,62-25+. The Labute approximate surface area is 579 Å². The highest BCUT2D eigenvalue weighted by atomic mass is 16.5. The van der Waals surface area contributed by atoms with Crippen molar-refractivity contribution >= 4 is 120 Å². The fraction of sp³-hybridized carbons (Fsp3) is 0.0110. The summed E-state index contributed by atoms with van der Waals surface area (Å²) in [6.45, 7) is 5.62. The summed E-state index contributed by atoms with van der Waals surface area (Å²) in [6.07, 6.45) is 7.93. The van der Waals surface area contributed by atoms with E-state index in [9.17, 15) is 0 Å². The van der Waals surface area contributed by atoms with E-state index in [0.717, 1.165) is 146 Å². The van der Waals surface area contributed by atoms with E-state index in [4.69, 9.17) is 9.47 Å². The molecule has 4 aliphatic heterocycles. The van der Waals surface area contributed by atoms with Gasteiger partial charge in [-0.2, -0.15) is 0 Å². The van der Waals surface area contributed by atoms with Gasteiger partial charge < -0.3 is 29.1 Å². The van der Waals surface area contributed by atoms with Crippen molar-refractivity contribution in [2.45, 2.75) is 6.92 Å². The molecule has 0 aliphatic carbocycles. The molecule has 14 aromatic carbocycles. The predicted molar refractivity (Wildman–Crippen MR) is 417 cm³/mol. The molecule has 0 saturated carbocycles. The average Bonchev–Trinajstić information content (AvgIpc) is 0.692. The number of ether oxygens (including phenoxy) is 2. The summed E-state index contributed by atoms with van der Waals surface area (Å²) in [5.74, 6) is 3.29. The first-order valence-corrected chi connectivity index (χ1v) is 33.9. The van der Waals surface area contributed by atoms with E-state index in [0.29, 0.717) is 0 Å². The van der Waals surface area contributed by atoms with Gasteiger partial charge >= 0.3 is 0 Å². The lowest BCUT2D eigenvalue weighted by Gasteiger charge is -2.45. The van der Waals surface area contributed by atoms with Gasteiger partial charge in [0.2, 0.25) is 0 Å². The average molecular weight is 1270 g/mol. The second kappa shape index (κ2) is 24.8. The van der Waals surface area contributed by atoms with E-state index >= 15 is 0 Å². The normalized spacial score (nSPS) is 12.8. The summed E-state index contributed by atoms with van der Waals surface area (Å²) in [7, 11) is 0. The molecule has 18 rings (SSSR count). The zero-order valence-corrected chi connectivity index (χ0v) is 54.5. The summed E-state index contributed by atoms with van der Waals surface area (Å²) in [6, 6.07) is 121. The Bertz CT molecular complexity index is 5380. The Balaban J connectivity index is 0.862. The third-order valence-electron chi connectivity index (χ3n) is 19.9. The van der Waals surface area contributed by atoms with E-state index in [1.165, 1.54) is 22.1 Å². The summed E-state index contributed by atoms with van der Waals surface area (Å²) in [4.78, 5) is 9.75. The van der Waals surface area contributed by atoms with Crippen molar-refractivity contribution in [3.63, 3.8) is 0 Å². The van der Waals surface area contributed by atoms with Gasteiger partial charge in [0, 0.05) is 69.0 Å². The molecule has 0 spiro atoms. The Hall–Kier alpha value is -12.8. The van der Waals surface area contributed by atoms with Gasteiger partial charge in [-0.05, 0) is 187 Å². The van der Waals surface area contributed by atoms with Crippen LogP contribution in [0.2, 0.25) is 0 Å². The smallest absolute Gasteiger partial charge is 0.256 e. The van der Waals surface area contributed by atoms with Crippen LogP contribution in [0.15, 0.2) is 365 Å². The van der Waals surface area contributed by atoms with E-state index in [-0.39, 0.29) is 13.4 Å². The zero-order valence-electron chi connectivity index (χ0n) is 54.5. The first-order chi connectivity index (χ1) is 49.0. The number of benzene rings is 14. The minimum Gasteiger partial charge on any atom is -0.458 e. The van der Waals surface area contributed by atoms with Gasteiger partial charge in [0.1, 0.15) is 23.0 Å². The van der Waals surface area contributed by atoms with Crippen LogP contribution < -0.4 is 61.9 Å². The van der Waals surface area contributed by atoms with Gasteiger partial charge in [0.05, 0.1) is 11.4 Å². The van der Waals surface area contributed by atoms with Crippen LogP contribution in [-0.2, 0) is 0 Å². The minimum absolute atomic E-state index is 0.211. The molecule has 0 aromatic heterocycles. The van der Waals surface area contributed by atoms with Crippen molar-refractivity contribution in [3.8, 4) is 56.4 Å². The quantitative estimate of drug-likeness (QED) is 0.0797. The van der Waals surface area contributed by atoms with Crippen molar-refractivity contribution in [1.29, 1.82) is 0 Å². The molecule has 0 saturated heterocycles. The molecule has 14 aromatic rings. The highest BCUT2D eigenvalue weighted by Crippen LogP contribution is 2.51. The lowest BCUT2D eigenvalue weighted by Crippen LogP contribution is -2.63. The van der Waals surface area contributed by atoms with Gasteiger partial charge in [-0.25, -0.2) is 0 Å². The van der Waals surface area contributed by atoms with Crippen LogP contribution >= 0.6 is 0 Å². The number of hydrogen-bond acceptors (Lipinski definition) is 6. The van der Waals surface area contributed by atoms with Crippen molar-refractivity contribution in [1.82, 2.24) is 0 Å². The summed E-state index contributed by atoms with van der Waals surface area (Å²) in [5, 5.41) is 0. The summed E-state index contributed by atoms with van der Waals surface area (Å²) < 4.78 is 14.7. The molecule has 4 aliphatic rings. The molecule has 0 radical (unpaired) electrons. The third kappa shape index (κ3) is 10.4. The fourth-order valence-electron chi connectivity index (χ4n) is 15.3. The molecule has 0 amide bonds. The van der Waals surface area contributed by atoms with Crippen molar-refractivity contribution in [3.05, 3.63) is 370 Å². The first kappa shape index (κ1) is 58.8. The summed E-state index contributed by atoms with van der Waals surface area (Å²) >= 11 is 0. The van der Waals surface area contributed by atoms with Crippen LogP contribution in [0.3, 0.4) is 0 Å². The SMILES string of the molecule is C=C/C=C\C=C(/C)c1ccc(N(c2ccc(-c3ccccc3)cc2)c2cc3c4c(c2)N(c2ccccc2)c2cc5c(cc2B4c2ccccc2O3)B2c3ccccc3Oc3cc(N(c4ccc(-c6ccccc6)cc4)c4ccc(-c6ccccc6)cc4)cc(c32)N5c2ccccc2)cc1. The highest BCUT2D eigenvalue weighted by molar-refractivity contribution is 7.02. The zero-order chi connectivity index (χ0) is 65.9. The molecule has 0 fully saturated rings. The molecule has 0 unspecified atom stereocenters. The van der Waals surface area contributed by atoms with E-state index < -0.39 is 0 Å². The minimum atomic E-state index is -0.212. The fourth-order valence-corrected chi connectivity index (χ4v) is 15.3. The Morgan fingerprint density at radius 3 is 1.04 bits per heavy atom. The van der Waals surface area contributed by atoms with Crippen LogP contribution in [0.4, 0.5) is 68.2 Å². The topological polar surface area (TPSA) is 31.4 Å². The number of fused-ring (bicyclic) bond motifs is 8. The highest BCUT2D eigenvalue weighted by Gasteiger charge is 2.48. The Morgan fingerprint density at radius 1 is 0.313 bits per heavy atom. The molecule has 0 atom stereocenters. The second-order valence-electron chi connectivity index (χ2n) is 25.6. The number of nitrogens with zero attached hydrogens (tertiary/aromatic N) is 4. The number of hydrogen-bond donors (Lipinski definition) is 0. The predicted octanol–water partition coefficient (Wildman–Crippen LogP) is 20.6. The van der Waals surface area contributed by atoms with Gasteiger partial charge in [-0.15, -0.1) is 0 Å². The lowest BCUT2D eigenvalue weighted by atomic mass is 9.31. The first-order valence-electron chi connectivity index (χ1n) is 33.9. The van der Waals surface area contributed by atoms with E-state index in [1.807, 2.05) is 12.2 Å². The maximum atomic E-state index is 7.35. The molecular formula is C91H64B2N4O2. The molecule has 4 heterocycles. The Morgan fingerprint density at radius 2 is 0.657 bits per heavy atom. The van der Waals surface area contributed by atoms with E-state index in [1.54, 1.807) is 6.08 Å². The van der Waals surface area contributed by atoms with Crippen LogP contribution in [-0.4, -0.2) is 13.4 Å². The van der Waals surface area contributed by atoms with Gasteiger partial charge in [0.15, 0.2) is 0 Å². The molecule has 99 heavy (non-hydrogen) atoms. The monoisotopic (exact) mass is 1270 g/mol. The lowest BCUT2D eigenvalue weighted by molar-refractivity contribution is 0.487. The molecule has 8 heteroatoms. The van der Waals surface area contributed by atoms with Gasteiger partial charge in [-0.3, -0.25) is 0 Å². The van der Waals surface area contributed by atoms with Crippen LogP contribution in [0.25, 0.3) is 39.0 Å². The Kier molecular flexibility index (Phi) is 14.7. The van der Waals surface area contributed by atoms with Crippen LogP contribution in [0.5, 0.6) is 23.0 Å². The van der Waals surface area contributed by atoms with Gasteiger partial charge in [-0.1, -0.05) is 249 Å². The second-order valence-corrected chi connectivity index (χ2v) is 25.6. The number of para-hydroxylation sites is 4. The number of allylic oxidation sites excluding steroid dienone is 5. The van der Waals surface area contributed by atoms with Crippen molar-refractivity contribution in [2.24, 2.45) is 0 Å². The van der Waals surface area contributed by atoms with E-state index in [2.05, 4.69) is 373 Å². The molecule has 466 valence electrons. The maximum absolute atomic E-state index is 7.35.